The fourth-order valence-corrected chi connectivity index (χ4v) is 3.84. The normalized spacial score (nSPS) is 18.9. The Kier molecular flexibility index (Phi) is 6.51. The highest BCUT2D eigenvalue weighted by Gasteiger charge is 2.65. The van der Waals surface area contributed by atoms with Crippen molar-refractivity contribution in [3.8, 4) is 0 Å². The zero-order chi connectivity index (χ0) is 24.8. The Balaban J connectivity index is 1.94. The molecule has 1 unspecified atom stereocenters. The van der Waals surface area contributed by atoms with Gasteiger partial charge in [0.1, 0.15) is 6.54 Å². The van der Waals surface area contributed by atoms with Gasteiger partial charge in [0, 0.05) is 26.9 Å². The standard InChI is InChI=1S/C20H14Cl2F6N2O3/c1-10-4-14(2-3-15(10)16(31)29-8-19(23,24)25)30-9-18(20(26,27)28,33-17(30)32)11-5-12(21)7-13(22)6-11/h2-7H,8-9H2,1H3,(H,29,31). The van der Waals surface area contributed by atoms with E-state index in [-0.39, 0.29) is 26.9 Å². The lowest BCUT2D eigenvalue weighted by Gasteiger charge is -2.30. The van der Waals surface area contributed by atoms with Gasteiger partial charge in [-0.1, -0.05) is 23.2 Å². The van der Waals surface area contributed by atoms with Crippen LogP contribution in [0.3, 0.4) is 0 Å². The summed E-state index contributed by atoms with van der Waals surface area (Å²) in [6, 6.07) is 6.62. The van der Waals surface area contributed by atoms with Gasteiger partial charge in [-0.15, -0.1) is 0 Å². The Bertz CT molecular complexity index is 1090. The van der Waals surface area contributed by atoms with Gasteiger partial charge < -0.3 is 10.1 Å². The molecule has 3 rings (SSSR count). The summed E-state index contributed by atoms with van der Waals surface area (Å²) in [4.78, 5) is 25.2. The molecule has 0 saturated carbocycles. The average molecular weight is 515 g/mol. The van der Waals surface area contributed by atoms with Crippen molar-refractivity contribution in [2.45, 2.75) is 24.9 Å². The second-order valence-corrected chi connectivity index (χ2v) is 8.11. The number of nitrogens with zero attached hydrogens (tertiary/aromatic N) is 1. The van der Waals surface area contributed by atoms with Gasteiger partial charge in [-0.2, -0.15) is 26.3 Å². The van der Waals surface area contributed by atoms with E-state index in [0.717, 1.165) is 24.3 Å². The van der Waals surface area contributed by atoms with Crippen molar-refractivity contribution in [3.05, 3.63) is 63.1 Å². The van der Waals surface area contributed by atoms with Crippen molar-refractivity contribution < 1.29 is 40.7 Å². The van der Waals surface area contributed by atoms with E-state index in [2.05, 4.69) is 0 Å². The summed E-state index contributed by atoms with van der Waals surface area (Å²) in [6.07, 6.45) is -11.0. The van der Waals surface area contributed by atoms with Gasteiger partial charge in [0.25, 0.3) is 11.5 Å². The molecule has 1 aliphatic rings. The van der Waals surface area contributed by atoms with E-state index < -0.39 is 48.6 Å². The monoisotopic (exact) mass is 514 g/mol. The number of halogens is 8. The molecule has 33 heavy (non-hydrogen) atoms. The first kappa shape index (κ1) is 25.0. The molecule has 2 aromatic carbocycles. The van der Waals surface area contributed by atoms with Crippen LogP contribution in [-0.4, -0.2) is 37.4 Å². The minimum atomic E-state index is -5.04. The second kappa shape index (κ2) is 8.60. The van der Waals surface area contributed by atoms with Gasteiger partial charge in [-0.25, -0.2) is 4.79 Å². The van der Waals surface area contributed by atoms with Crippen molar-refractivity contribution in [2.24, 2.45) is 0 Å². The molecule has 2 amide bonds. The number of anilines is 1. The lowest BCUT2D eigenvalue weighted by Crippen LogP contribution is -2.46. The number of amides is 2. The molecule has 1 heterocycles. The first-order chi connectivity index (χ1) is 15.1. The number of carbonyl (C=O) groups is 2. The molecule has 1 N–H and O–H groups in total. The molecule has 0 aliphatic carbocycles. The minimum Gasteiger partial charge on any atom is -0.426 e. The predicted octanol–water partition coefficient (Wildman–Crippen LogP) is 6.01. The predicted molar refractivity (Wildman–Crippen MR) is 108 cm³/mol. The molecule has 0 aromatic heterocycles. The molecule has 1 aliphatic heterocycles. The summed E-state index contributed by atoms with van der Waals surface area (Å²) in [5, 5.41) is 1.51. The number of nitrogens with one attached hydrogen (secondary N) is 1. The van der Waals surface area contributed by atoms with Crippen LogP contribution in [-0.2, 0) is 10.3 Å². The Morgan fingerprint density at radius 1 is 1.09 bits per heavy atom. The molecule has 0 radical (unpaired) electrons. The quantitative estimate of drug-likeness (QED) is 0.508. The first-order valence-corrected chi connectivity index (χ1v) is 9.88. The maximum absolute atomic E-state index is 14.1. The van der Waals surface area contributed by atoms with E-state index in [0.29, 0.717) is 4.90 Å². The Morgan fingerprint density at radius 3 is 2.21 bits per heavy atom. The summed E-state index contributed by atoms with van der Waals surface area (Å²) in [6.45, 7) is -1.17. The molecule has 1 saturated heterocycles. The van der Waals surface area contributed by atoms with E-state index in [9.17, 15) is 35.9 Å². The number of alkyl halides is 6. The van der Waals surface area contributed by atoms with Crippen LogP contribution >= 0.6 is 23.2 Å². The van der Waals surface area contributed by atoms with Crippen molar-refractivity contribution in [2.75, 3.05) is 18.0 Å². The third-order valence-electron chi connectivity index (χ3n) is 4.87. The Hall–Kier alpha value is -2.66. The third kappa shape index (κ3) is 5.14. The smallest absolute Gasteiger partial charge is 0.426 e. The van der Waals surface area contributed by atoms with Gasteiger partial charge >= 0.3 is 18.4 Å². The number of benzene rings is 2. The van der Waals surface area contributed by atoms with Gasteiger partial charge in [0.05, 0.1) is 6.54 Å². The molecule has 0 spiro atoms. The van der Waals surface area contributed by atoms with Gasteiger partial charge in [-0.05, 0) is 48.9 Å². The Labute approximate surface area is 193 Å². The van der Waals surface area contributed by atoms with Gasteiger partial charge in [-0.3, -0.25) is 9.69 Å². The summed E-state index contributed by atoms with van der Waals surface area (Å²) >= 11 is 11.7. The van der Waals surface area contributed by atoms with E-state index >= 15 is 0 Å². The summed E-state index contributed by atoms with van der Waals surface area (Å²) < 4.78 is 84.1. The van der Waals surface area contributed by atoms with Gasteiger partial charge in [0.2, 0.25) is 0 Å². The van der Waals surface area contributed by atoms with Crippen LogP contribution < -0.4 is 10.2 Å². The van der Waals surface area contributed by atoms with Gasteiger partial charge in [0.15, 0.2) is 0 Å². The van der Waals surface area contributed by atoms with Crippen LogP contribution in [0.1, 0.15) is 21.5 Å². The molecule has 2 aromatic rings. The SMILES string of the molecule is Cc1cc(N2CC(c3cc(Cl)cc(Cl)c3)(C(F)(F)F)OC2=O)ccc1C(=O)NCC(F)(F)F. The fraction of sp³-hybridized carbons (Fsp3) is 0.300. The number of hydrogen-bond donors (Lipinski definition) is 1. The lowest BCUT2D eigenvalue weighted by molar-refractivity contribution is -0.250. The minimum absolute atomic E-state index is 0.0517. The summed E-state index contributed by atoms with van der Waals surface area (Å²) in [5.41, 5.74) is -3.61. The lowest BCUT2D eigenvalue weighted by atomic mass is 9.92. The molecule has 1 fully saturated rings. The molecule has 13 heteroatoms. The van der Waals surface area contributed by atoms with Crippen LogP contribution in [0.2, 0.25) is 10.0 Å². The molecular weight excluding hydrogens is 501 g/mol. The number of cyclic esters (lactones) is 1. The van der Waals surface area contributed by atoms with Crippen LogP contribution in [0.4, 0.5) is 36.8 Å². The second-order valence-electron chi connectivity index (χ2n) is 7.23. The average Bonchev–Trinajstić information content (AvgIpc) is 3.03. The number of rotatable bonds is 4. The third-order valence-corrected chi connectivity index (χ3v) is 5.30. The number of ether oxygens (including phenoxy) is 1. The topological polar surface area (TPSA) is 58.6 Å². The van der Waals surface area contributed by atoms with E-state index in [1.807, 2.05) is 0 Å². The number of hydrogen-bond acceptors (Lipinski definition) is 3. The largest absolute Gasteiger partial charge is 0.434 e. The van der Waals surface area contributed by atoms with Crippen LogP contribution in [0.15, 0.2) is 36.4 Å². The highest BCUT2D eigenvalue weighted by Crippen LogP contribution is 2.48. The Morgan fingerprint density at radius 2 is 1.70 bits per heavy atom. The first-order valence-electron chi connectivity index (χ1n) is 9.12. The molecule has 0 bridgehead atoms. The van der Waals surface area contributed by atoms with E-state index in [1.54, 1.807) is 5.32 Å². The zero-order valence-electron chi connectivity index (χ0n) is 16.6. The highest BCUT2D eigenvalue weighted by molar-refractivity contribution is 6.34. The fourth-order valence-electron chi connectivity index (χ4n) is 3.31. The van der Waals surface area contributed by atoms with E-state index in [4.69, 9.17) is 27.9 Å². The van der Waals surface area contributed by atoms with Crippen molar-refractivity contribution in [3.63, 3.8) is 0 Å². The van der Waals surface area contributed by atoms with Crippen molar-refractivity contribution in [1.29, 1.82) is 0 Å². The maximum Gasteiger partial charge on any atom is 0.434 e. The zero-order valence-corrected chi connectivity index (χ0v) is 18.1. The molecule has 1 atom stereocenters. The van der Waals surface area contributed by atoms with Crippen LogP contribution in [0, 0.1) is 6.92 Å². The number of carbonyl (C=O) groups excluding carboxylic acids is 2. The van der Waals surface area contributed by atoms with Crippen LogP contribution in [0.25, 0.3) is 0 Å². The molecule has 5 nitrogen and oxygen atoms in total. The molecule has 178 valence electrons. The van der Waals surface area contributed by atoms with E-state index in [1.165, 1.54) is 19.1 Å². The van der Waals surface area contributed by atoms with Crippen molar-refractivity contribution in [1.82, 2.24) is 5.32 Å². The van der Waals surface area contributed by atoms with Crippen LogP contribution in [0.5, 0.6) is 0 Å². The highest BCUT2D eigenvalue weighted by atomic mass is 35.5. The number of aryl methyl sites for hydroxylation is 1. The maximum atomic E-state index is 14.1. The summed E-state index contributed by atoms with van der Waals surface area (Å²) in [7, 11) is 0. The molecular formula is C20H14Cl2F6N2O3. The van der Waals surface area contributed by atoms with Crippen molar-refractivity contribution >= 4 is 40.9 Å². The summed E-state index contributed by atoms with van der Waals surface area (Å²) in [5.74, 6) is -1.03.